The standard InChI is InChI=1S/C20H33N3O/c1-16-6-7-18(17(2)14-16)21-19(24)15-23-12-10-22(11-13-23)9-8-20(3,4)5/h6-7,14H,8-13,15H2,1-5H3,(H,21,24). The topological polar surface area (TPSA) is 35.6 Å². The second kappa shape index (κ2) is 8.13. The normalized spacial score (nSPS) is 17.0. The maximum Gasteiger partial charge on any atom is 0.238 e. The van der Waals surface area contributed by atoms with Crippen molar-refractivity contribution in [1.29, 1.82) is 0 Å². The number of carbonyl (C=O) groups excluding carboxylic acids is 1. The first-order valence-electron chi connectivity index (χ1n) is 9.05. The van der Waals surface area contributed by atoms with Gasteiger partial charge in [0.05, 0.1) is 6.54 Å². The van der Waals surface area contributed by atoms with Crippen LogP contribution in [0.3, 0.4) is 0 Å². The number of benzene rings is 1. The molecule has 4 nitrogen and oxygen atoms in total. The fraction of sp³-hybridized carbons (Fsp3) is 0.650. The molecule has 1 aromatic rings. The summed E-state index contributed by atoms with van der Waals surface area (Å²) in [5.41, 5.74) is 3.66. The molecule has 134 valence electrons. The Hall–Kier alpha value is -1.39. The number of anilines is 1. The number of piperazine rings is 1. The van der Waals surface area contributed by atoms with Gasteiger partial charge in [0.15, 0.2) is 0 Å². The van der Waals surface area contributed by atoms with Crippen molar-refractivity contribution in [3.05, 3.63) is 29.3 Å². The van der Waals surface area contributed by atoms with Gasteiger partial charge in [-0.25, -0.2) is 0 Å². The molecule has 0 spiro atoms. The Labute approximate surface area is 147 Å². The van der Waals surface area contributed by atoms with Crippen molar-refractivity contribution in [2.24, 2.45) is 5.41 Å². The summed E-state index contributed by atoms with van der Waals surface area (Å²) >= 11 is 0. The van der Waals surface area contributed by atoms with Gasteiger partial charge in [0.25, 0.3) is 0 Å². The van der Waals surface area contributed by atoms with E-state index >= 15 is 0 Å². The van der Waals surface area contributed by atoms with E-state index in [0.717, 1.165) is 44.0 Å². The average molecular weight is 332 g/mol. The van der Waals surface area contributed by atoms with E-state index in [-0.39, 0.29) is 5.91 Å². The molecule has 0 aromatic heterocycles. The quantitative estimate of drug-likeness (QED) is 0.899. The summed E-state index contributed by atoms with van der Waals surface area (Å²) in [6.07, 6.45) is 1.22. The molecule has 2 rings (SSSR count). The van der Waals surface area contributed by atoms with Crippen molar-refractivity contribution in [2.75, 3.05) is 44.6 Å². The largest absolute Gasteiger partial charge is 0.325 e. The molecule has 1 amide bonds. The van der Waals surface area contributed by atoms with Crippen LogP contribution in [0.4, 0.5) is 5.69 Å². The Morgan fingerprint density at radius 1 is 1.08 bits per heavy atom. The summed E-state index contributed by atoms with van der Waals surface area (Å²) < 4.78 is 0. The van der Waals surface area contributed by atoms with Gasteiger partial charge in [-0.1, -0.05) is 38.5 Å². The number of nitrogens with zero attached hydrogens (tertiary/aromatic N) is 2. The molecule has 1 heterocycles. The molecule has 1 aliphatic rings. The van der Waals surface area contributed by atoms with Crippen molar-refractivity contribution in [2.45, 2.75) is 41.0 Å². The van der Waals surface area contributed by atoms with E-state index in [0.29, 0.717) is 12.0 Å². The van der Waals surface area contributed by atoms with E-state index in [1.807, 2.05) is 19.1 Å². The molecule has 0 radical (unpaired) electrons. The van der Waals surface area contributed by atoms with Crippen LogP contribution in [0.25, 0.3) is 0 Å². The van der Waals surface area contributed by atoms with Crippen LogP contribution in [0.2, 0.25) is 0 Å². The molecule has 1 aliphatic heterocycles. The molecule has 0 unspecified atom stereocenters. The first-order valence-corrected chi connectivity index (χ1v) is 9.05. The van der Waals surface area contributed by atoms with E-state index in [9.17, 15) is 4.79 Å². The predicted molar refractivity (Wildman–Crippen MR) is 101 cm³/mol. The zero-order valence-corrected chi connectivity index (χ0v) is 16.0. The lowest BCUT2D eigenvalue weighted by atomic mass is 9.92. The summed E-state index contributed by atoms with van der Waals surface area (Å²) in [5, 5.41) is 3.05. The monoisotopic (exact) mass is 331 g/mol. The SMILES string of the molecule is Cc1ccc(NC(=O)CN2CCN(CCC(C)(C)C)CC2)c(C)c1. The van der Waals surface area contributed by atoms with E-state index in [1.165, 1.54) is 12.0 Å². The highest BCUT2D eigenvalue weighted by Crippen LogP contribution is 2.19. The Kier molecular flexibility index (Phi) is 6.41. The Balaban J connectivity index is 1.74. The van der Waals surface area contributed by atoms with Crippen molar-refractivity contribution in [3.63, 3.8) is 0 Å². The molecule has 1 fully saturated rings. The second-order valence-corrected chi connectivity index (χ2v) is 8.30. The van der Waals surface area contributed by atoms with Crippen LogP contribution in [-0.4, -0.2) is 55.0 Å². The third kappa shape index (κ3) is 6.25. The zero-order chi connectivity index (χ0) is 17.7. The molecular weight excluding hydrogens is 298 g/mol. The van der Waals surface area contributed by atoms with Crippen molar-refractivity contribution < 1.29 is 4.79 Å². The minimum atomic E-state index is 0.0881. The van der Waals surface area contributed by atoms with Gasteiger partial charge in [-0.3, -0.25) is 9.69 Å². The average Bonchev–Trinajstić information content (AvgIpc) is 2.49. The molecule has 1 N–H and O–H groups in total. The van der Waals surface area contributed by atoms with Crippen LogP contribution in [0.15, 0.2) is 18.2 Å². The molecule has 1 saturated heterocycles. The zero-order valence-electron chi connectivity index (χ0n) is 16.0. The van der Waals surface area contributed by atoms with Crippen LogP contribution in [0, 0.1) is 19.3 Å². The second-order valence-electron chi connectivity index (χ2n) is 8.30. The maximum absolute atomic E-state index is 12.3. The number of nitrogens with one attached hydrogen (secondary N) is 1. The third-order valence-electron chi connectivity index (χ3n) is 4.67. The highest BCUT2D eigenvalue weighted by Gasteiger charge is 2.20. The van der Waals surface area contributed by atoms with E-state index in [4.69, 9.17) is 0 Å². The first-order chi connectivity index (χ1) is 11.2. The number of aryl methyl sites for hydroxylation is 2. The van der Waals surface area contributed by atoms with E-state index < -0.39 is 0 Å². The van der Waals surface area contributed by atoms with Crippen LogP contribution in [0.5, 0.6) is 0 Å². The van der Waals surface area contributed by atoms with Crippen molar-refractivity contribution >= 4 is 11.6 Å². The maximum atomic E-state index is 12.3. The summed E-state index contributed by atoms with van der Waals surface area (Å²) in [6.45, 7) is 16.7. The van der Waals surface area contributed by atoms with Gasteiger partial charge in [0.2, 0.25) is 5.91 Å². The lowest BCUT2D eigenvalue weighted by Gasteiger charge is -2.35. The number of carbonyl (C=O) groups is 1. The highest BCUT2D eigenvalue weighted by atomic mass is 16.2. The molecular formula is C20H33N3O. The number of hydrogen-bond acceptors (Lipinski definition) is 3. The highest BCUT2D eigenvalue weighted by molar-refractivity contribution is 5.93. The lowest BCUT2D eigenvalue weighted by Crippen LogP contribution is -2.49. The summed E-state index contributed by atoms with van der Waals surface area (Å²) in [4.78, 5) is 17.1. The van der Waals surface area contributed by atoms with Gasteiger partial charge in [0.1, 0.15) is 0 Å². The summed E-state index contributed by atoms with van der Waals surface area (Å²) in [6, 6.07) is 6.13. The number of hydrogen-bond donors (Lipinski definition) is 1. The van der Waals surface area contributed by atoms with Gasteiger partial charge in [-0.2, -0.15) is 0 Å². The van der Waals surface area contributed by atoms with Gasteiger partial charge in [0, 0.05) is 31.9 Å². The lowest BCUT2D eigenvalue weighted by molar-refractivity contribution is -0.117. The molecule has 0 saturated carbocycles. The molecule has 0 aliphatic carbocycles. The van der Waals surface area contributed by atoms with Crippen LogP contribution >= 0.6 is 0 Å². The molecule has 1 aromatic carbocycles. The van der Waals surface area contributed by atoms with E-state index in [2.05, 4.69) is 48.9 Å². The van der Waals surface area contributed by atoms with Gasteiger partial charge >= 0.3 is 0 Å². The first kappa shape index (κ1) is 18.9. The Morgan fingerprint density at radius 2 is 1.71 bits per heavy atom. The molecule has 0 atom stereocenters. The van der Waals surface area contributed by atoms with Gasteiger partial charge in [-0.15, -0.1) is 0 Å². The number of rotatable bonds is 5. The van der Waals surface area contributed by atoms with Gasteiger partial charge in [-0.05, 0) is 43.9 Å². The fourth-order valence-corrected chi connectivity index (χ4v) is 3.01. The van der Waals surface area contributed by atoms with Gasteiger partial charge < -0.3 is 10.2 Å². The summed E-state index contributed by atoms with van der Waals surface area (Å²) in [7, 11) is 0. The predicted octanol–water partition coefficient (Wildman–Crippen LogP) is 3.30. The van der Waals surface area contributed by atoms with Crippen molar-refractivity contribution in [3.8, 4) is 0 Å². The van der Waals surface area contributed by atoms with E-state index in [1.54, 1.807) is 0 Å². The van der Waals surface area contributed by atoms with Crippen LogP contribution < -0.4 is 5.32 Å². The fourth-order valence-electron chi connectivity index (χ4n) is 3.01. The minimum absolute atomic E-state index is 0.0881. The number of amides is 1. The third-order valence-corrected chi connectivity index (χ3v) is 4.67. The smallest absolute Gasteiger partial charge is 0.238 e. The molecule has 4 heteroatoms. The molecule has 0 bridgehead atoms. The van der Waals surface area contributed by atoms with Crippen molar-refractivity contribution in [1.82, 2.24) is 9.80 Å². The Bertz CT molecular complexity index is 554. The minimum Gasteiger partial charge on any atom is -0.325 e. The summed E-state index contributed by atoms with van der Waals surface area (Å²) in [5.74, 6) is 0.0881. The Morgan fingerprint density at radius 3 is 2.29 bits per heavy atom. The van der Waals surface area contributed by atoms with Crippen LogP contribution in [0.1, 0.15) is 38.3 Å². The van der Waals surface area contributed by atoms with Crippen LogP contribution in [-0.2, 0) is 4.79 Å². The molecule has 24 heavy (non-hydrogen) atoms.